The summed E-state index contributed by atoms with van der Waals surface area (Å²) in [5.41, 5.74) is 2.02. The van der Waals surface area contributed by atoms with Gasteiger partial charge in [0.15, 0.2) is 11.7 Å². The molecule has 0 spiro atoms. The van der Waals surface area contributed by atoms with Crippen LogP contribution in [-0.2, 0) is 0 Å². The zero-order valence-electron chi connectivity index (χ0n) is 13.3. The summed E-state index contributed by atoms with van der Waals surface area (Å²) in [6, 6.07) is 9.42. The monoisotopic (exact) mass is 334 g/mol. The molecule has 0 unspecified atom stereocenters. The average Bonchev–Trinajstić information content (AvgIpc) is 2.63. The van der Waals surface area contributed by atoms with Gasteiger partial charge in [-0.1, -0.05) is 31.4 Å². The van der Waals surface area contributed by atoms with Gasteiger partial charge < -0.3 is 10.3 Å². The van der Waals surface area contributed by atoms with E-state index in [0.29, 0.717) is 34.3 Å². The van der Waals surface area contributed by atoms with Gasteiger partial charge >= 0.3 is 0 Å². The second-order valence-electron chi connectivity index (χ2n) is 5.40. The first-order valence-corrected chi connectivity index (χ1v) is 7.54. The van der Waals surface area contributed by atoms with Crippen molar-refractivity contribution in [3.63, 3.8) is 0 Å². The number of para-hydroxylation sites is 1. The van der Waals surface area contributed by atoms with Gasteiger partial charge in [0.05, 0.1) is 11.2 Å². The lowest BCUT2D eigenvalue weighted by atomic mass is 10.1. The number of aromatic nitrogens is 1. The third-order valence-corrected chi connectivity index (χ3v) is 3.92. The fourth-order valence-corrected chi connectivity index (χ4v) is 2.66. The fraction of sp³-hybridized carbons (Fsp3) is 0. The number of halogens is 1. The molecule has 0 fully saturated rings. The SMILES string of the molecule is C=Cc1[nH]c2cc(Nc3ccccc3C=O)c(F)cc2c(=O)c1C=C. The Hall–Kier alpha value is -3.47. The van der Waals surface area contributed by atoms with Crippen LogP contribution in [0.5, 0.6) is 0 Å². The molecule has 0 aliphatic heterocycles. The van der Waals surface area contributed by atoms with E-state index in [9.17, 15) is 14.0 Å². The Kier molecular flexibility index (Phi) is 4.31. The van der Waals surface area contributed by atoms with Crippen molar-refractivity contribution in [3.05, 3.63) is 82.4 Å². The molecular weight excluding hydrogens is 319 g/mol. The van der Waals surface area contributed by atoms with Gasteiger partial charge in [0.1, 0.15) is 5.82 Å². The lowest BCUT2D eigenvalue weighted by Gasteiger charge is -2.12. The molecule has 25 heavy (non-hydrogen) atoms. The first-order valence-electron chi connectivity index (χ1n) is 7.54. The summed E-state index contributed by atoms with van der Waals surface area (Å²) < 4.78 is 14.5. The largest absolute Gasteiger partial charge is 0.354 e. The lowest BCUT2D eigenvalue weighted by molar-refractivity contribution is 0.112. The summed E-state index contributed by atoms with van der Waals surface area (Å²) in [7, 11) is 0. The van der Waals surface area contributed by atoms with Crippen molar-refractivity contribution in [2.24, 2.45) is 0 Å². The number of hydrogen-bond donors (Lipinski definition) is 2. The number of anilines is 2. The molecule has 0 radical (unpaired) electrons. The molecule has 1 aromatic heterocycles. The number of fused-ring (bicyclic) bond motifs is 1. The van der Waals surface area contributed by atoms with E-state index in [1.54, 1.807) is 24.3 Å². The Labute approximate surface area is 143 Å². The van der Waals surface area contributed by atoms with Gasteiger partial charge in [-0.15, -0.1) is 0 Å². The van der Waals surface area contributed by atoms with Gasteiger partial charge in [-0.25, -0.2) is 4.39 Å². The van der Waals surface area contributed by atoms with E-state index in [0.717, 1.165) is 0 Å². The van der Waals surface area contributed by atoms with Crippen molar-refractivity contribution in [1.82, 2.24) is 4.98 Å². The van der Waals surface area contributed by atoms with Gasteiger partial charge in [0.25, 0.3) is 0 Å². The van der Waals surface area contributed by atoms with Gasteiger partial charge in [0.2, 0.25) is 0 Å². The summed E-state index contributed by atoms with van der Waals surface area (Å²) in [4.78, 5) is 26.7. The number of aldehydes is 1. The Morgan fingerprint density at radius 1 is 1.08 bits per heavy atom. The van der Waals surface area contributed by atoms with Crippen LogP contribution >= 0.6 is 0 Å². The van der Waals surface area contributed by atoms with Crippen molar-refractivity contribution in [2.45, 2.75) is 0 Å². The summed E-state index contributed by atoms with van der Waals surface area (Å²) >= 11 is 0. The Morgan fingerprint density at radius 3 is 2.52 bits per heavy atom. The lowest BCUT2D eigenvalue weighted by Crippen LogP contribution is -2.10. The summed E-state index contributed by atoms with van der Waals surface area (Å²) in [6.45, 7) is 7.29. The maximum absolute atomic E-state index is 14.5. The predicted octanol–water partition coefficient (Wildman–Crippen LogP) is 4.51. The minimum atomic E-state index is -0.597. The number of benzene rings is 2. The molecule has 3 aromatic rings. The highest BCUT2D eigenvalue weighted by molar-refractivity contribution is 5.89. The number of nitrogens with one attached hydrogen (secondary N) is 2. The van der Waals surface area contributed by atoms with Crippen LogP contribution in [0.3, 0.4) is 0 Å². The second kappa shape index (κ2) is 6.57. The van der Waals surface area contributed by atoms with Crippen LogP contribution < -0.4 is 10.7 Å². The van der Waals surface area contributed by atoms with Gasteiger partial charge in [-0.05, 0) is 30.3 Å². The van der Waals surface area contributed by atoms with Crippen LogP contribution in [0.1, 0.15) is 21.6 Å². The molecule has 2 N–H and O–H groups in total. The maximum atomic E-state index is 14.5. The maximum Gasteiger partial charge on any atom is 0.197 e. The van der Waals surface area contributed by atoms with Gasteiger partial charge in [-0.2, -0.15) is 0 Å². The van der Waals surface area contributed by atoms with Crippen LogP contribution in [0.2, 0.25) is 0 Å². The molecule has 4 nitrogen and oxygen atoms in total. The molecule has 0 amide bonds. The molecule has 0 aliphatic carbocycles. The number of hydrogen-bond acceptors (Lipinski definition) is 3. The van der Waals surface area contributed by atoms with Gasteiger partial charge in [-0.3, -0.25) is 9.59 Å². The van der Waals surface area contributed by atoms with Crippen molar-refractivity contribution >= 4 is 40.7 Å². The number of carbonyl (C=O) groups is 1. The molecule has 124 valence electrons. The third kappa shape index (κ3) is 2.87. The molecule has 0 saturated carbocycles. The van der Waals surface area contributed by atoms with Crippen molar-refractivity contribution in [2.75, 3.05) is 5.32 Å². The summed E-state index contributed by atoms with van der Waals surface area (Å²) in [5, 5.41) is 3.11. The van der Waals surface area contributed by atoms with E-state index in [4.69, 9.17) is 0 Å². The number of pyridine rings is 1. The van der Waals surface area contributed by atoms with E-state index in [-0.39, 0.29) is 16.5 Å². The van der Waals surface area contributed by atoms with Crippen LogP contribution in [0.15, 0.2) is 54.4 Å². The number of carbonyl (C=O) groups excluding carboxylic acids is 1. The van der Waals surface area contributed by atoms with Crippen molar-refractivity contribution in [1.29, 1.82) is 0 Å². The average molecular weight is 334 g/mol. The molecule has 0 aliphatic rings. The van der Waals surface area contributed by atoms with E-state index >= 15 is 0 Å². The van der Waals surface area contributed by atoms with Crippen molar-refractivity contribution < 1.29 is 9.18 Å². The molecule has 1 heterocycles. The normalized spacial score (nSPS) is 10.4. The summed E-state index contributed by atoms with van der Waals surface area (Å²) in [5.74, 6) is -0.597. The van der Waals surface area contributed by atoms with Crippen LogP contribution in [-0.4, -0.2) is 11.3 Å². The Morgan fingerprint density at radius 2 is 1.84 bits per heavy atom. The first-order chi connectivity index (χ1) is 12.1. The number of rotatable bonds is 5. The van der Waals surface area contributed by atoms with Crippen LogP contribution in [0.4, 0.5) is 15.8 Å². The first kappa shape index (κ1) is 16.4. The summed E-state index contributed by atoms with van der Waals surface area (Å²) in [6.07, 6.45) is 3.62. The van der Waals surface area contributed by atoms with E-state index in [2.05, 4.69) is 23.5 Å². The van der Waals surface area contributed by atoms with Crippen LogP contribution in [0.25, 0.3) is 23.1 Å². The standard InChI is InChI=1S/C20H15FN2O2/c1-3-13-16(4-2)22-18-10-19(15(21)9-14(18)20(13)25)23-17-8-6-5-7-12(17)11-24/h3-11,23H,1-2H2,(H,22,25). The highest BCUT2D eigenvalue weighted by Gasteiger charge is 2.13. The fourth-order valence-electron chi connectivity index (χ4n) is 2.66. The molecule has 2 aromatic carbocycles. The third-order valence-electron chi connectivity index (χ3n) is 3.92. The smallest absolute Gasteiger partial charge is 0.197 e. The van der Waals surface area contributed by atoms with E-state index in [1.807, 2.05) is 0 Å². The molecular formula is C20H15FN2O2. The minimum Gasteiger partial charge on any atom is -0.354 e. The highest BCUT2D eigenvalue weighted by atomic mass is 19.1. The van der Waals surface area contributed by atoms with Crippen LogP contribution in [0, 0.1) is 5.82 Å². The predicted molar refractivity (Wildman–Crippen MR) is 99.8 cm³/mol. The molecule has 0 saturated heterocycles. The molecule has 0 atom stereocenters. The Bertz CT molecular complexity index is 1070. The van der Waals surface area contributed by atoms with Gasteiger partial charge in [0, 0.05) is 27.9 Å². The topological polar surface area (TPSA) is 62.0 Å². The second-order valence-corrected chi connectivity index (χ2v) is 5.40. The number of H-pyrrole nitrogens is 1. The molecule has 0 bridgehead atoms. The Balaban J connectivity index is 2.19. The van der Waals surface area contributed by atoms with Crippen molar-refractivity contribution in [3.8, 4) is 0 Å². The quantitative estimate of drug-likeness (QED) is 0.675. The zero-order valence-corrected chi connectivity index (χ0v) is 13.3. The minimum absolute atomic E-state index is 0.152. The zero-order chi connectivity index (χ0) is 18.0. The van der Waals surface area contributed by atoms with E-state index in [1.165, 1.54) is 24.3 Å². The number of aromatic amines is 1. The van der Waals surface area contributed by atoms with E-state index < -0.39 is 5.82 Å². The molecule has 5 heteroatoms. The molecule has 3 rings (SSSR count). The highest BCUT2D eigenvalue weighted by Crippen LogP contribution is 2.26.